The van der Waals surface area contributed by atoms with Gasteiger partial charge in [-0.15, -0.1) is 24.8 Å². The second kappa shape index (κ2) is 10.7. The van der Waals surface area contributed by atoms with E-state index in [-0.39, 0.29) is 24.8 Å². The third-order valence-electron chi connectivity index (χ3n) is 2.69. The Morgan fingerprint density at radius 3 is 2.67 bits per heavy atom. The maximum Gasteiger partial charge on any atom is 0.123 e. The Balaban J connectivity index is 0.00000200. The summed E-state index contributed by atoms with van der Waals surface area (Å²) in [6, 6.07) is 9.66. The maximum absolute atomic E-state index is 6.02. The molecule has 0 aliphatic rings. The van der Waals surface area contributed by atoms with Gasteiger partial charge >= 0.3 is 0 Å². The lowest BCUT2D eigenvalue weighted by molar-refractivity contribution is 0.335. The molecule has 0 fully saturated rings. The number of ether oxygens (including phenoxy) is 1. The molecule has 21 heavy (non-hydrogen) atoms. The molecule has 0 spiro atoms. The van der Waals surface area contributed by atoms with Gasteiger partial charge in [0.05, 0.1) is 6.61 Å². The standard InChI is InChI=1S/C15H17ClN2O.2ClH/c1-2-19-15-6-5-14(16)8-13(15)11-18-10-12-4-3-7-17-9-12;;/h3-9,18H,2,10-11H2,1H3;2*1H. The zero-order chi connectivity index (χ0) is 13.5. The summed E-state index contributed by atoms with van der Waals surface area (Å²) < 4.78 is 5.58. The van der Waals surface area contributed by atoms with E-state index in [4.69, 9.17) is 16.3 Å². The van der Waals surface area contributed by atoms with Crippen molar-refractivity contribution in [1.29, 1.82) is 0 Å². The van der Waals surface area contributed by atoms with Gasteiger partial charge in [0.25, 0.3) is 0 Å². The average Bonchev–Trinajstić information content (AvgIpc) is 2.43. The van der Waals surface area contributed by atoms with Crippen molar-refractivity contribution in [3.05, 3.63) is 58.9 Å². The van der Waals surface area contributed by atoms with Crippen LogP contribution >= 0.6 is 36.4 Å². The fourth-order valence-electron chi connectivity index (χ4n) is 1.83. The van der Waals surface area contributed by atoms with E-state index in [1.54, 1.807) is 6.20 Å². The van der Waals surface area contributed by atoms with Crippen LogP contribution in [0, 0.1) is 0 Å². The molecule has 0 saturated carbocycles. The summed E-state index contributed by atoms with van der Waals surface area (Å²) in [5.74, 6) is 0.880. The lowest BCUT2D eigenvalue weighted by Gasteiger charge is -2.11. The molecular formula is C15H19Cl3N2O. The number of rotatable bonds is 6. The normalized spacial score (nSPS) is 9.43. The largest absolute Gasteiger partial charge is 0.494 e. The van der Waals surface area contributed by atoms with E-state index in [0.29, 0.717) is 13.2 Å². The average molecular weight is 350 g/mol. The smallest absolute Gasteiger partial charge is 0.123 e. The maximum atomic E-state index is 6.02. The van der Waals surface area contributed by atoms with E-state index < -0.39 is 0 Å². The van der Waals surface area contributed by atoms with E-state index in [2.05, 4.69) is 10.3 Å². The summed E-state index contributed by atoms with van der Waals surface area (Å²) in [4.78, 5) is 4.09. The Morgan fingerprint density at radius 1 is 1.19 bits per heavy atom. The predicted molar refractivity (Wildman–Crippen MR) is 91.9 cm³/mol. The highest BCUT2D eigenvalue weighted by molar-refractivity contribution is 6.30. The number of benzene rings is 1. The van der Waals surface area contributed by atoms with Crippen LogP contribution in [0.1, 0.15) is 18.1 Å². The quantitative estimate of drug-likeness (QED) is 0.846. The van der Waals surface area contributed by atoms with Gasteiger partial charge in [-0.1, -0.05) is 17.7 Å². The first kappa shape index (κ1) is 20.0. The topological polar surface area (TPSA) is 34.1 Å². The molecule has 0 aliphatic heterocycles. The molecule has 6 heteroatoms. The lowest BCUT2D eigenvalue weighted by Crippen LogP contribution is -2.13. The molecule has 1 aromatic heterocycles. The molecule has 0 aliphatic carbocycles. The highest BCUT2D eigenvalue weighted by Crippen LogP contribution is 2.22. The van der Waals surface area contributed by atoms with Crippen molar-refractivity contribution in [3.63, 3.8) is 0 Å². The van der Waals surface area contributed by atoms with Crippen LogP contribution in [0.5, 0.6) is 5.75 Å². The number of hydrogen-bond acceptors (Lipinski definition) is 3. The molecule has 3 nitrogen and oxygen atoms in total. The van der Waals surface area contributed by atoms with Crippen LogP contribution in [0.15, 0.2) is 42.7 Å². The van der Waals surface area contributed by atoms with Gasteiger partial charge in [0.1, 0.15) is 5.75 Å². The monoisotopic (exact) mass is 348 g/mol. The van der Waals surface area contributed by atoms with Gasteiger partial charge in [0, 0.05) is 36.1 Å². The summed E-state index contributed by atoms with van der Waals surface area (Å²) in [5.41, 5.74) is 2.22. The molecule has 0 atom stereocenters. The molecule has 1 N–H and O–H groups in total. The molecule has 2 aromatic rings. The fourth-order valence-corrected chi connectivity index (χ4v) is 2.02. The van der Waals surface area contributed by atoms with E-state index in [0.717, 1.165) is 28.4 Å². The molecule has 0 unspecified atom stereocenters. The Kier molecular flexibility index (Phi) is 10.2. The van der Waals surface area contributed by atoms with Crippen molar-refractivity contribution in [2.24, 2.45) is 0 Å². The summed E-state index contributed by atoms with van der Waals surface area (Å²) in [6.07, 6.45) is 3.63. The van der Waals surface area contributed by atoms with Gasteiger partial charge in [0.2, 0.25) is 0 Å². The van der Waals surface area contributed by atoms with Crippen LogP contribution in [-0.4, -0.2) is 11.6 Å². The highest BCUT2D eigenvalue weighted by Gasteiger charge is 2.04. The molecule has 0 bridgehead atoms. The third-order valence-corrected chi connectivity index (χ3v) is 2.92. The molecule has 1 heterocycles. The fraction of sp³-hybridized carbons (Fsp3) is 0.267. The molecule has 2 rings (SSSR count). The molecular weight excluding hydrogens is 331 g/mol. The minimum absolute atomic E-state index is 0. The van der Waals surface area contributed by atoms with Crippen molar-refractivity contribution in [2.45, 2.75) is 20.0 Å². The van der Waals surface area contributed by atoms with E-state index in [1.807, 2.05) is 43.5 Å². The van der Waals surface area contributed by atoms with Crippen molar-refractivity contribution in [2.75, 3.05) is 6.61 Å². The van der Waals surface area contributed by atoms with E-state index in [9.17, 15) is 0 Å². The Bertz CT molecular complexity index is 524. The minimum atomic E-state index is 0. The number of nitrogens with zero attached hydrogens (tertiary/aromatic N) is 1. The van der Waals surface area contributed by atoms with Crippen LogP contribution < -0.4 is 10.1 Å². The molecule has 0 radical (unpaired) electrons. The van der Waals surface area contributed by atoms with Crippen molar-refractivity contribution in [1.82, 2.24) is 10.3 Å². The van der Waals surface area contributed by atoms with Crippen LogP contribution in [0.4, 0.5) is 0 Å². The van der Waals surface area contributed by atoms with E-state index in [1.165, 1.54) is 0 Å². The molecule has 0 saturated heterocycles. The van der Waals surface area contributed by atoms with Gasteiger partial charge in [0.15, 0.2) is 0 Å². The molecule has 1 aromatic carbocycles. The van der Waals surface area contributed by atoms with Gasteiger partial charge in [-0.25, -0.2) is 0 Å². The number of halogens is 3. The van der Waals surface area contributed by atoms with Crippen LogP contribution in [0.3, 0.4) is 0 Å². The summed E-state index contributed by atoms with van der Waals surface area (Å²) >= 11 is 6.02. The second-order valence-corrected chi connectivity index (χ2v) is 4.59. The number of pyridine rings is 1. The number of nitrogens with one attached hydrogen (secondary N) is 1. The Labute approximate surface area is 142 Å². The van der Waals surface area contributed by atoms with Gasteiger partial charge < -0.3 is 10.1 Å². The Morgan fingerprint density at radius 2 is 2.00 bits per heavy atom. The van der Waals surface area contributed by atoms with Gasteiger partial charge in [-0.2, -0.15) is 0 Å². The van der Waals surface area contributed by atoms with Crippen molar-refractivity contribution >= 4 is 36.4 Å². The highest BCUT2D eigenvalue weighted by atomic mass is 35.5. The number of aromatic nitrogens is 1. The van der Waals surface area contributed by atoms with Crippen LogP contribution in [0.25, 0.3) is 0 Å². The zero-order valence-electron chi connectivity index (χ0n) is 11.7. The first-order valence-electron chi connectivity index (χ1n) is 6.30. The van der Waals surface area contributed by atoms with Gasteiger partial charge in [-0.05, 0) is 36.8 Å². The SMILES string of the molecule is CCOc1ccc(Cl)cc1CNCc1cccnc1.Cl.Cl. The zero-order valence-corrected chi connectivity index (χ0v) is 14.1. The summed E-state index contributed by atoms with van der Waals surface area (Å²) in [5, 5.41) is 4.09. The molecule has 116 valence electrons. The van der Waals surface area contributed by atoms with E-state index >= 15 is 0 Å². The Hall–Kier alpha value is -1.00. The second-order valence-electron chi connectivity index (χ2n) is 4.15. The van der Waals surface area contributed by atoms with Crippen LogP contribution in [0.2, 0.25) is 5.02 Å². The third kappa shape index (κ3) is 6.53. The minimum Gasteiger partial charge on any atom is -0.494 e. The number of hydrogen-bond donors (Lipinski definition) is 1. The first-order valence-corrected chi connectivity index (χ1v) is 6.68. The lowest BCUT2D eigenvalue weighted by atomic mass is 10.2. The molecule has 0 amide bonds. The predicted octanol–water partition coefficient (Wildman–Crippen LogP) is 4.27. The summed E-state index contributed by atoms with van der Waals surface area (Å²) in [7, 11) is 0. The van der Waals surface area contributed by atoms with Crippen molar-refractivity contribution in [3.8, 4) is 5.75 Å². The first-order chi connectivity index (χ1) is 9.29. The van der Waals surface area contributed by atoms with Crippen molar-refractivity contribution < 1.29 is 4.74 Å². The van der Waals surface area contributed by atoms with Gasteiger partial charge in [-0.3, -0.25) is 4.98 Å². The summed E-state index contributed by atoms with van der Waals surface area (Å²) in [6.45, 7) is 4.11. The van der Waals surface area contributed by atoms with Crippen LogP contribution in [-0.2, 0) is 13.1 Å².